The van der Waals surface area contributed by atoms with Gasteiger partial charge in [0, 0.05) is 5.56 Å². The summed E-state index contributed by atoms with van der Waals surface area (Å²) in [5, 5.41) is 0. The summed E-state index contributed by atoms with van der Waals surface area (Å²) < 4.78 is 53.6. The van der Waals surface area contributed by atoms with Crippen LogP contribution in [-0.2, 0) is 57.0 Å². The summed E-state index contributed by atoms with van der Waals surface area (Å²) in [6, 6.07) is 8.25. The highest BCUT2D eigenvalue weighted by molar-refractivity contribution is 6.40. The normalized spacial score (nSPS) is 11.8. The molecular formula is C34H56O13. The van der Waals surface area contributed by atoms with Crippen LogP contribution in [0.1, 0.15) is 49.9 Å². The molecule has 0 N–H and O–H groups in total. The highest BCUT2D eigenvalue weighted by atomic mass is 16.6. The fourth-order valence-corrected chi connectivity index (χ4v) is 3.87. The van der Waals surface area contributed by atoms with Crippen LogP contribution >= 0.6 is 0 Å². The second-order valence-electron chi connectivity index (χ2n) is 10.1. The van der Waals surface area contributed by atoms with E-state index < -0.39 is 11.8 Å². The molecule has 0 aromatic heterocycles. The van der Waals surface area contributed by atoms with Gasteiger partial charge >= 0.3 is 11.9 Å². The maximum Gasteiger partial charge on any atom is 0.379 e. The van der Waals surface area contributed by atoms with Gasteiger partial charge in [0.1, 0.15) is 13.2 Å². The number of benzene rings is 1. The van der Waals surface area contributed by atoms with Crippen molar-refractivity contribution in [3.8, 4) is 0 Å². The lowest BCUT2D eigenvalue weighted by atomic mass is 10.00. The number of rotatable bonds is 34. The third-order valence-corrected chi connectivity index (χ3v) is 6.49. The van der Waals surface area contributed by atoms with E-state index in [0.717, 1.165) is 25.7 Å². The van der Waals surface area contributed by atoms with Crippen LogP contribution in [0.2, 0.25) is 0 Å². The molecule has 13 heteroatoms. The molecule has 1 aromatic rings. The van der Waals surface area contributed by atoms with E-state index in [9.17, 15) is 14.4 Å². The van der Waals surface area contributed by atoms with E-state index in [-0.39, 0.29) is 31.7 Å². The van der Waals surface area contributed by atoms with E-state index in [1.54, 1.807) is 30.3 Å². The molecule has 0 fully saturated rings. The topological polar surface area (TPSA) is 144 Å². The van der Waals surface area contributed by atoms with Gasteiger partial charge in [0.2, 0.25) is 0 Å². The molecule has 270 valence electrons. The van der Waals surface area contributed by atoms with Crippen LogP contribution in [0.25, 0.3) is 0 Å². The van der Waals surface area contributed by atoms with Crippen molar-refractivity contribution < 1.29 is 61.8 Å². The predicted molar refractivity (Wildman–Crippen MR) is 173 cm³/mol. The molecule has 0 radical (unpaired) electrons. The molecule has 0 aliphatic carbocycles. The minimum absolute atomic E-state index is 0.00505. The maximum absolute atomic E-state index is 12.0. The van der Waals surface area contributed by atoms with E-state index >= 15 is 0 Å². The number of ketones is 1. The molecule has 1 aromatic carbocycles. The minimum atomic E-state index is -0.899. The second-order valence-corrected chi connectivity index (χ2v) is 10.1. The number of carbonyl (C=O) groups excluding carboxylic acids is 3. The SMILES string of the molecule is CCCCC(CC)C(=O)OCCOCCOCCOCCOCCOCCOCCOCCOCCOC(=O)C(=O)c1ccccc1. The lowest BCUT2D eigenvalue weighted by Crippen LogP contribution is -2.20. The van der Waals surface area contributed by atoms with Gasteiger partial charge in [0.25, 0.3) is 5.78 Å². The number of hydrogen-bond acceptors (Lipinski definition) is 13. The van der Waals surface area contributed by atoms with Crippen molar-refractivity contribution in [1.29, 1.82) is 0 Å². The highest BCUT2D eigenvalue weighted by Crippen LogP contribution is 2.14. The molecule has 0 aliphatic rings. The molecule has 0 saturated carbocycles. The number of carbonyl (C=O) groups is 3. The summed E-state index contributed by atoms with van der Waals surface area (Å²) in [6.45, 7) is 11.1. The number of unbranched alkanes of at least 4 members (excludes halogenated alkanes) is 1. The first-order valence-corrected chi connectivity index (χ1v) is 16.6. The van der Waals surface area contributed by atoms with Crippen LogP contribution in [0, 0.1) is 5.92 Å². The first-order valence-electron chi connectivity index (χ1n) is 16.6. The zero-order chi connectivity index (χ0) is 34.0. The summed E-state index contributed by atoms with van der Waals surface area (Å²) in [7, 11) is 0. The van der Waals surface area contributed by atoms with Crippen molar-refractivity contribution >= 4 is 17.7 Å². The molecule has 13 nitrogen and oxygen atoms in total. The van der Waals surface area contributed by atoms with Crippen LogP contribution < -0.4 is 0 Å². The molecule has 1 rings (SSSR count). The molecule has 47 heavy (non-hydrogen) atoms. The zero-order valence-corrected chi connectivity index (χ0v) is 28.3. The standard InChI is InChI=1S/C34H56O13/c1-3-5-9-30(4-2)33(36)46-28-26-44-24-22-42-20-18-40-16-14-38-12-13-39-15-17-41-19-21-43-23-25-45-27-29-47-34(37)32(35)31-10-7-6-8-11-31/h6-8,10-11,30H,3-5,9,12-29H2,1-2H3. The Kier molecular flexibility index (Phi) is 29.0. The van der Waals surface area contributed by atoms with Crippen LogP contribution in [0.4, 0.5) is 0 Å². The van der Waals surface area contributed by atoms with Gasteiger partial charge in [-0.05, 0) is 12.8 Å². The van der Waals surface area contributed by atoms with Crippen LogP contribution in [0.5, 0.6) is 0 Å². The molecule has 0 bridgehead atoms. The fraction of sp³-hybridized carbons (Fsp3) is 0.735. The summed E-state index contributed by atoms with van der Waals surface area (Å²) in [5.41, 5.74) is 0.294. The van der Waals surface area contributed by atoms with Crippen molar-refractivity contribution in [2.75, 3.05) is 119 Å². The largest absolute Gasteiger partial charge is 0.463 e. The van der Waals surface area contributed by atoms with E-state index in [4.69, 9.17) is 47.4 Å². The average Bonchev–Trinajstić information content (AvgIpc) is 3.09. The Labute approximate surface area is 279 Å². The van der Waals surface area contributed by atoms with Crippen molar-refractivity contribution in [1.82, 2.24) is 0 Å². The third-order valence-electron chi connectivity index (χ3n) is 6.49. The van der Waals surface area contributed by atoms with Crippen molar-refractivity contribution in [3.63, 3.8) is 0 Å². The zero-order valence-electron chi connectivity index (χ0n) is 28.3. The lowest BCUT2D eigenvalue weighted by molar-refractivity contribution is -0.150. The second kappa shape index (κ2) is 32.1. The highest BCUT2D eigenvalue weighted by Gasteiger charge is 2.18. The number of hydrogen-bond donors (Lipinski definition) is 0. The van der Waals surface area contributed by atoms with Gasteiger partial charge in [-0.1, -0.05) is 57.0 Å². The quantitative estimate of drug-likeness (QED) is 0.0458. The molecule has 1 atom stereocenters. The fourth-order valence-electron chi connectivity index (χ4n) is 3.87. The summed E-state index contributed by atoms with van der Waals surface area (Å²) in [6.07, 6.45) is 3.80. The molecule has 0 heterocycles. The van der Waals surface area contributed by atoms with Crippen molar-refractivity contribution in [2.45, 2.75) is 39.5 Å². The summed E-state index contributed by atoms with van der Waals surface area (Å²) >= 11 is 0. The molecule has 0 amide bonds. The summed E-state index contributed by atoms with van der Waals surface area (Å²) in [4.78, 5) is 35.6. The van der Waals surface area contributed by atoms with Crippen LogP contribution in [0.3, 0.4) is 0 Å². The smallest absolute Gasteiger partial charge is 0.379 e. The van der Waals surface area contributed by atoms with Gasteiger partial charge in [-0.2, -0.15) is 0 Å². The minimum Gasteiger partial charge on any atom is -0.463 e. The van der Waals surface area contributed by atoms with E-state index in [0.29, 0.717) is 105 Å². The number of Topliss-reactive ketones (excluding diaryl/α,β-unsaturated/α-hetero) is 1. The van der Waals surface area contributed by atoms with Gasteiger partial charge < -0.3 is 47.4 Å². The van der Waals surface area contributed by atoms with Crippen LogP contribution in [-0.4, -0.2) is 137 Å². The average molecular weight is 673 g/mol. The van der Waals surface area contributed by atoms with E-state index in [1.165, 1.54) is 0 Å². The Balaban J connectivity index is 1.71. The summed E-state index contributed by atoms with van der Waals surface area (Å²) in [5.74, 6) is -1.72. The monoisotopic (exact) mass is 672 g/mol. The van der Waals surface area contributed by atoms with Crippen molar-refractivity contribution in [2.24, 2.45) is 5.92 Å². The Morgan fingerprint density at radius 1 is 0.511 bits per heavy atom. The third kappa shape index (κ3) is 25.2. The number of esters is 2. The lowest BCUT2D eigenvalue weighted by Gasteiger charge is -2.13. The van der Waals surface area contributed by atoms with Gasteiger partial charge in [0.05, 0.1) is 112 Å². The van der Waals surface area contributed by atoms with Gasteiger partial charge in [-0.15, -0.1) is 0 Å². The predicted octanol–water partition coefficient (Wildman–Crippen LogP) is 3.30. The molecule has 0 aliphatic heterocycles. The Hall–Kier alpha value is -2.49. The first kappa shape index (κ1) is 42.5. The molecular weight excluding hydrogens is 616 g/mol. The molecule has 1 unspecified atom stereocenters. The van der Waals surface area contributed by atoms with Crippen LogP contribution in [0.15, 0.2) is 30.3 Å². The van der Waals surface area contributed by atoms with E-state index in [1.807, 2.05) is 6.92 Å². The van der Waals surface area contributed by atoms with E-state index in [2.05, 4.69) is 6.92 Å². The Morgan fingerprint density at radius 3 is 1.23 bits per heavy atom. The van der Waals surface area contributed by atoms with Gasteiger partial charge in [-0.3, -0.25) is 9.59 Å². The van der Waals surface area contributed by atoms with Gasteiger partial charge in [-0.25, -0.2) is 4.79 Å². The molecule has 0 saturated heterocycles. The Bertz CT molecular complexity index is 884. The number of ether oxygens (including phenoxy) is 10. The molecule has 0 spiro atoms. The first-order chi connectivity index (χ1) is 23.1. The Morgan fingerprint density at radius 2 is 0.872 bits per heavy atom. The maximum atomic E-state index is 12.0. The van der Waals surface area contributed by atoms with Crippen molar-refractivity contribution in [3.05, 3.63) is 35.9 Å². The van der Waals surface area contributed by atoms with Gasteiger partial charge in [0.15, 0.2) is 0 Å².